The van der Waals surface area contributed by atoms with Crippen LogP contribution in [0.25, 0.3) is 0 Å². The van der Waals surface area contributed by atoms with Gasteiger partial charge in [0.1, 0.15) is 12.1 Å². The zero-order valence-corrected chi connectivity index (χ0v) is 10.7. The quantitative estimate of drug-likeness (QED) is 0.857. The van der Waals surface area contributed by atoms with Crippen molar-refractivity contribution in [2.24, 2.45) is 0 Å². The number of carbonyl (C=O) groups is 2. The van der Waals surface area contributed by atoms with Crippen molar-refractivity contribution in [1.82, 2.24) is 15.4 Å². The van der Waals surface area contributed by atoms with Crippen molar-refractivity contribution in [2.75, 3.05) is 6.54 Å². The lowest BCUT2D eigenvalue weighted by atomic mass is 9.79. The van der Waals surface area contributed by atoms with Crippen LogP contribution in [-0.2, 0) is 16.1 Å². The van der Waals surface area contributed by atoms with Crippen molar-refractivity contribution < 1.29 is 14.1 Å². The summed E-state index contributed by atoms with van der Waals surface area (Å²) < 4.78 is 5.02. The maximum atomic E-state index is 12.6. The molecule has 102 valence electrons. The van der Waals surface area contributed by atoms with Gasteiger partial charge in [0, 0.05) is 6.07 Å². The summed E-state index contributed by atoms with van der Waals surface area (Å²) in [5.41, 5.74) is -0.673. The molecule has 6 heteroatoms. The molecule has 0 bridgehead atoms. The van der Waals surface area contributed by atoms with Gasteiger partial charge in [-0.05, 0) is 12.8 Å². The van der Waals surface area contributed by atoms with E-state index in [1.54, 1.807) is 17.2 Å². The van der Waals surface area contributed by atoms with E-state index in [4.69, 9.17) is 4.52 Å². The lowest BCUT2D eigenvalue weighted by Crippen LogP contribution is -2.66. The molecule has 1 aliphatic carbocycles. The Labute approximate surface area is 111 Å². The van der Waals surface area contributed by atoms with Gasteiger partial charge in [-0.15, -0.1) is 0 Å². The van der Waals surface area contributed by atoms with Crippen molar-refractivity contribution in [1.29, 1.82) is 0 Å². The van der Waals surface area contributed by atoms with Gasteiger partial charge >= 0.3 is 0 Å². The molecular formula is C13H17N3O3. The summed E-state index contributed by atoms with van der Waals surface area (Å²) in [6.45, 7) is 0.412. The highest BCUT2D eigenvalue weighted by atomic mass is 16.5. The fourth-order valence-corrected chi connectivity index (χ4v) is 3.04. The average Bonchev–Trinajstić information content (AvgIpc) is 2.89. The molecule has 1 spiro atoms. The van der Waals surface area contributed by atoms with Gasteiger partial charge in [0.25, 0.3) is 0 Å². The molecule has 1 saturated heterocycles. The van der Waals surface area contributed by atoms with E-state index in [1.807, 2.05) is 0 Å². The van der Waals surface area contributed by atoms with Crippen LogP contribution in [0.5, 0.6) is 0 Å². The Morgan fingerprint density at radius 1 is 1.32 bits per heavy atom. The molecule has 0 aromatic carbocycles. The summed E-state index contributed by atoms with van der Waals surface area (Å²) >= 11 is 0. The predicted octanol–water partition coefficient (Wildman–Crippen LogP) is 0.836. The third kappa shape index (κ3) is 2.22. The van der Waals surface area contributed by atoms with Crippen LogP contribution in [-0.4, -0.2) is 34.0 Å². The molecule has 2 fully saturated rings. The maximum absolute atomic E-state index is 12.6. The number of piperazine rings is 1. The second-order valence-electron chi connectivity index (χ2n) is 5.33. The smallest absolute Gasteiger partial charge is 0.249 e. The summed E-state index contributed by atoms with van der Waals surface area (Å²) in [7, 11) is 0. The lowest BCUT2D eigenvalue weighted by molar-refractivity contribution is -0.152. The summed E-state index contributed by atoms with van der Waals surface area (Å²) in [5.74, 6) is 0.540. The van der Waals surface area contributed by atoms with Crippen LogP contribution < -0.4 is 5.32 Å². The molecule has 1 saturated carbocycles. The van der Waals surface area contributed by atoms with Gasteiger partial charge in [0.2, 0.25) is 11.8 Å². The number of amides is 2. The van der Waals surface area contributed by atoms with Crippen molar-refractivity contribution in [3.8, 4) is 0 Å². The fraction of sp³-hybridized carbons (Fsp3) is 0.615. The molecule has 2 amide bonds. The minimum atomic E-state index is -0.673. The van der Waals surface area contributed by atoms with E-state index < -0.39 is 5.54 Å². The van der Waals surface area contributed by atoms with Gasteiger partial charge in [-0.1, -0.05) is 24.4 Å². The third-order valence-electron chi connectivity index (χ3n) is 3.95. The molecule has 19 heavy (non-hydrogen) atoms. The highest BCUT2D eigenvalue weighted by Gasteiger charge is 2.47. The van der Waals surface area contributed by atoms with E-state index in [1.165, 1.54) is 0 Å². The summed E-state index contributed by atoms with van der Waals surface area (Å²) in [6, 6.07) is 1.72. The number of carbonyl (C=O) groups excluding carboxylic acids is 2. The Hall–Kier alpha value is -1.85. The van der Waals surface area contributed by atoms with Gasteiger partial charge in [-0.3, -0.25) is 9.59 Å². The molecule has 2 aliphatic rings. The van der Waals surface area contributed by atoms with Crippen molar-refractivity contribution in [3.63, 3.8) is 0 Å². The molecule has 1 aromatic heterocycles. The Morgan fingerprint density at radius 3 is 2.79 bits per heavy atom. The number of nitrogens with zero attached hydrogens (tertiary/aromatic N) is 2. The standard InChI is InChI=1S/C13H17N3O3/c17-11-9-16(8-10-4-7-14-19-10)12(18)13(15-11)5-2-1-3-6-13/h4,7H,1-3,5-6,8-9H2,(H,15,17). The number of hydrogen-bond donors (Lipinski definition) is 1. The lowest BCUT2D eigenvalue weighted by Gasteiger charge is -2.43. The van der Waals surface area contributed by atoms with Crippen molar-refractivity contribution in [3.05, 3.63) is 18.0 Å². The van der Waals surface area contributed by atoms with Crippen LogP contribution in [0.4, 0.5) is 0 Å². The van der Waals surface area contributed by atoms with Crippen LogP contribution in [0.1, 0.15) is 37.9 Å². The number of hydrogen-bond acceptors (Lipinski definition) is 4. The van der Waals surface area contributed by atoms with Gasteiger partial charge in [-0.25, -0.2) is 0 Å². The van der Waals surface area contributed by atoms with Gasteiger partial charge in [0.15, 0.2) is 5.76 Å². The number of rotatable bonds is 2. The van der Waals surface area contributed by atoms with E-state index in [-0.39, 0.29) is 18.4 Å². The fourth-order valence-electron chi connectivity index (χ4n) is 3.04. The largest absolute Gasteiger partial charge is 0.360 e. The van der Waals surface area contributed by atoms with Crippen LogP contribution in [0, 0.1) is 0 Å². The average molecular weight is 263 g/mol. The SMILES string of the molecule is O=C1CN(Cc2ccno2)C(=O)C2(CCCCC2)N1. The molecule has 2 heterocycles. The van der Waals surface area contributed by atoms with Gasteiger partial charge in [0.05, 0.1) is 12.7 Å². The van der Waals surface area contributed by atoms with Crippen LogP contribution in [0.15, 0.2) is 16.8 Å². The van der Waals surface area contributed by atoms with Crippen LogP contribution in [0.3, 0.4) is 0 Å². The molecular weight excluding hydrogens is 246 g/mol. The van der Waals surface area contributed by atoms with Crippen LogP contribution >= 0.6 is 0 Å². The number of nitrogens with one attached hydrogen (secondary N) is 1. The highest BCUT2D eigenvalue weighted by Crippen LogP contribution is 2.32. The Morgan fingerprint density at radius 2 is 2.11 bits per heavy atom. The molecule has 1 aromatic rings. The third-order valence-corrected chi connectivity index (χ3v) is 3.95. The summed E-state index contributed by atoms with van der Waals surface area (Å²) in [5, 5.41) is 6.54. The van der Waals surface area contributed by atoms with E-state index in [0.29, 0.717) is 12.3 Å². The first-order valence-corrected chi connectivity index (χ1v) is 6.70. The highest BCUT2D eigenvalue weighted by molar-refractivity contribution is 5.98. The van der Waals surface area contributed by atoms with E-state index in [2.05, 4.69) is 10.5 Å². The normalized spacial score (nSPS) is 22.6. The molecule has 0 unspecified atom stereocenters. The maximum Gasteiger partial charge on any atom is 0.249 e. The second kappa shape index (κ2) is 4.68. The molecule has 1 N–H and O–H groups in total. The van der Waals surface area contributed by atoms with Crippen LogP contribution in [0.2, 0.25) is 0 Å². The van der Waals surface area contributed by atoms with E-state index in [9.17, 15) is 9.59 Å². The first kappa shape index (κ1) is 12.2. The zero-order valence-electron chi connectivity index (χ0n) is 10.7. The summed E-state index contributed by atoms with van der Waals surface area (Å²) in [6.07, 6.45) is 6.13. The Kier molecular flexibility index (Phi) is 3.00. The molecule has 0 atom stereocenters. The van der Waals surface area contributed by atoms with Gasteiger partial charge < -0.3 is 14.7 Å². The zero-order chi connectivity index (χ0) is 13.3. The topological polar surface area (TPSA) is 75.4 Å². The molecule has 1 aliphatic heterocycles. The monoisotopic (exact) mass is 263 g/mol. The molecule has 0 radical (unpaired) electrons. The summed E-state index contributed by atoms with van der Waals surface area (Å²) in [4.78, 5) is 26.1. The Bertz CT molecular complexity index is 477. The first-order valence-electron chi connectivity index (χ1n) is 6.70. The predicted molar refractivity (Wildman–Crippen MR) is 65.9 cm³/mol. The number of aromatic nitrogens is 1. The Balaban J connectivity index is 1.80. The van der Waals surface area contributed by atoms with E-state index >= 15 is 0 Å². The molecule has 3 rings (SSSR count). The van der Waals surface area contributed by atoms with Crippen molar-refractivity contribution >= 4 is 11.8 Å². The van der Waals surface area contributed by atoms with Crippen molar-refractivity contribution in [2.45, 2.75) is 44.2 Å². The first-order chi connectivity index (χ1) is 9.20. The van der Waals surface area contributed by atoms with Gasteiger partial charge in [-0.2, -0.15) is 0 Å². The molecule has 6 nitrogen and oxygen atoms in total. The minimum absolute atomic E-state index is 0.0169. The minimum Gasteiger partial charge on any atom is -0.360 e. The second-order valence-corrected chi connectivity index (χ2v) is 5.33. The van der Waals surface area contributed by atoms with E-state index in [0.717, 1.165) is 32.1 Å².